The average Bonchev–Trinajstić information content (AvgIpc) is 3.47. The first kappa shape index (κ1) is 26.8. The molecule has 0 spiro atoms. The van der Waals surface area contributed by atoms with Crippen LogP contribution in [0.2, 0.25) is 0 Å². The maximum atomic E-state index is 14.1. The zero-order chi connectivity index (χ0) is 29.0. The molecule has 6 rings (SSSR count). The van der Waals surface area contributed by atoms with E-state index in [9.17, 15) is 34.8 Å². The van der Waals surface area contributed by atoms with Crippen LogP contribution in [0.3, 0.4) is 0 Å². The number of anilines is 1. The molecule has 1 aromatic rings. The predicted octanol–water partition coefficient (Wildman–Crippen LogP) is 0.482. The fourth-order valence-corrected chi connectivity index (χ4v) is 7.73. The number of aromatic hydroxyl groups is 1. The standard InChI is InChI=1S/C29H36N4O7/c1-31(2)18-8-15(11-33-9-13-5-14(13)10-33)23(34)20-16(18)6-12-7-17-22(32(3)4)25(36)21(28(30)39)27(38)29(17,40)26(37)19(12)24(20)35/h8,12-14,17,22,34-35,38,40H,5-7,9-11H2,1-4H3,(H2,30,39)/t12-,13?,14?,17-,22-,29-/m0/s1. The van der Waals surface area contributed by atoms with E-state index in [1.165, 1.54) is 11.3 Å². The Hall–Kier alpha value is -3.41. The number of amides is 1. The lowest BCUT2D eigenvalue weighted by Crippen LogP contribution is -2.65. The Kier molecular flexibility index (Phi) is 5.89. The van der Waals surface area contributed by atoms with Crippen molar-refractivity contribution in [3.63, 3.8) is 0 Å². The van der Waals surface area contributed by atoms with E-state index in [0.29, 0.717) is 29.5 Å². The van der Waals surface area contributed by atoms with Crippen molar-refractivity contribution < 1.29 is 34.8 Å². The Balaban J connectivity index is 1.50. The van der Waals surface area contributed by atoms with E-state index in [-0.39, 0.29) is 29.7 Å². The molecular formula is C29H36N4O7. The third kappa shape index (κ3) is 3.57. The molecule has 3 fully saturated rings. The van der Waals surface area contributed by atoms with Gasteiger partial charge in [0.15, 0.2) is 11.4 Å². The van der Waals surface area contributed by atoms with Crippen LogP contribution in [-0.4, -0.2) is 101 Å². The minimum atomic E-state index is -2.64. The summed E-state index contributed by atoms with van der Waals surface area (Å²) in [6.07, 6.45) is 1.58. The van der Waals surface area contributed by atoms with Crippen LogP contribution in [0.1, 0.15) is 29.5 Å². The minimum Gasteiger partial charge on any atom is -0.508 e. The lowest BCUT2D eigenvalue weighted by molar-refractivity contribution is -0.153. The highest BCUT2D eigenvalue weighted by Crippen LogP contribution is 2.54. The number of aliphatic hydroxyl groups excluding tert-OH is 2. The van der Waals surface area contributed by atoms with E-state index >= 15 is 0 Å². The number of fused-ring (bicyclic) bond motifs is 4. The summed E-state index contributed by atoms with van der Waals surface area (Å²) in [4.78, 5) is 45.2. The minimum absolute atomic E-state index is 0.0672. The van der Waals surface area contributed by atoms with E-state index < -0.39 is 58.0 Å². The summed E-state index contributed by atoms with van der Waals surface area (Å²) in [6, 6.07) is 0.825. The Morgan fingerprint density at radius 1 is 1.10 bits per heavy atom. The number of nitrogens with two attached hydrogens (primary N) is 1. The zero-order valence-electron chi connectivity index (χ0n) is 23.1. The number of hydrogen-bond acceptors (Lipinski definition) is 10. The Labute approximate surface area is 232 Å². The number of likely N-dealkylation sites (tertiary alicyclic amines) is 1. The molecule has 11 nitrogen and oxygen atoms in total. The number of Topliss-reactive ketones (excluding diaryl/α,β-unsaturated/α-hetero) is 2. The quantitative estimate of drug-likeness (QED) is 0.324. The summed E-state index contributed by atoms with van der Waals surface area (Å²) in [5.41, 5.74) is 4.05. The van der Waals surface area contributed by atoms with Crippen molar-refractivity contribution in [2.75, 3.05) is 46.2 Å². The van der Waals surface area contributed by atoms with Crippen molar-refractivity contribution in [1.29, 1.82) is 0 Å². The Morgan fingerprint density at radius 3 is 2.33 bits per heavy atom. The third-order valence-electron chi connectivity index (χ3n) is 9.71. The molecular weight excluding hydrogens is 516 g/mol. The van der Waals surface area contributed by atoms with Gasteiger partial charge in [0.25, 0.3) is 5.91 Å². The molecule has 0 aromatic heterocycles. The van der Waals surface area contributed by atoms with Crippen molar-refractivity contribution >= 4 is 28.9 Å². The van der Waals surface area contributed by atoms with Crippen LogP contribution in [0.5, 0.6) is 5.75 Å². The van der Waals surface area contributed by atoms with Gasteiger partial charge in [0.2, 0.25) is 5.78 Å². The summed E-state index contributed by atoms with van der Waals surface area (Å²) in [7, 11) is 6.92. The third-order valence-corrected chi connectivity index (χ3v) is 9.71. The summed E-state index contributed by atoms with van der Waals surface area (Å²) >= 11 is 0. The van der Waals surface area contributed by atoms with Gasteiger partial charge in [-0.1, -0.05) is 0 Å². The lowest BCUT2D eigenvalue weighted by Gasteiger charge is -2.50. The summed E-state index contributed by atoms with van der Waals surface area (Å²) in [5, 5.41) is 45.9. The molecule has 11 heteroatoms. The molecule has 2 saturated carbocycles. The fraction of sp³-hybridized carbons (Fsp3) is 0.552. The maximum Gasteiger partial charge on any atom is 0.255 e. The number of phenols is 1. The van der Waals surface area contributed by atoms with Crippen LogP contribution in [0.25, 0.3) is 5.76 Å². The van der Waals surface area contributed by atoms with Crippen LogP contribution in [0.4, 0.5) is 5.69 Å². The van der Waals surface area contributed by atoms with Crippen LogP contribution in [-0.2, 0) is 27.3 Å². The molecule has 40 heavy (non-hydrogen) atoms. The largest absolute Gasteiger partial charge is 0.508 e. The van der Waals surface area contributed by atoms with Gasteiger partial charge in [0, 0.05) is 56.5 Å². The molecule has 6 N–H and O–H groups in total. The first-order valence-corrected chi connectivity index (χ1v) is 13.7. The van der Waals surface area contributed by atoms with Gasteiger partial charge in [-0.15, -0.1) is 0 Å². The van der Waals surface area contributed by atoms with Gasteiger partial charge in [0.1, 0.15) is 22.8 Å². The number of benzene rings is 1. The number of carbonyl (C=O) groups excluding carboxylic acids is 3. The van der Waals surface area contributed by atoms with Gasteiger partial charge in [-0.05, 0) is 62.7 Å². The van der Waals surface area contributed by atoms with E-state index in [4.69, 9.17) is 5.73 Å². The number of hydrogen-bond donors (Lipinski definition) is 5. The Morgan fingerprint density at radius 2 is 1.75 bits per heavy atom. The number of carbonyl (C=O) groups is 3. The number of aliphatic hydroxyl groups is 3. The SMILES string of the molecule is CN(C)c1cc(CN2CC3CC3C2)c(O)c2c1C[C@H]1C[C@H]3[C@H](N(C)C)C(=O)C(C(N)=O)=C(O)[C@@]3(O)C(=O)C1=C2O. The second kappa shape index (κ2) is 8.79. The average molecular weight is 553 g/mol. The molecule has 4 aliphatic carbocycles. The van der Waals surface area contributed by atoms with Crippen molar-refractivity contribution in [1.82, 2.24) is 9.80 Å². The van der Waals surface area contributed by atoms with Gasteiger partial charge < -0.3 is 31.1 Å². The molecule has 2 unspecified atom stereocenters. The second-order valence-electron chi connectivity index (χ2n) is 12.6. The highest BCUT2D eigenvalue weighted by molar-refractivity contribution is 6.24. The van der Waals surface area contributed by atoms with Crippen LogP contribution in [0, 0.1) is 23.7 Å². The van der Waals surface area contributed by atoms with E-state index in [1.54, 1.807) is 14.1 Å². The number of piperidine rings is 1. The topological polar surface area (TPSA) is 168 Å². The maximum absolute atomic E-state index is 14.1. The molecule has 5 aliphatic rings. The first-order valence-electron chi connectivity index (χ1n) is 13.7. The van der Waals surface area contributed by atoms with Gasteiger partial charge in [-0.25, -0.2) is 0 Å². The predicted molar refractivity (Wildman–Crippen MR) is 145 cm³/mol. The molecule has 6 atom stereocenters. The molecule has 1 saturated heterocycles. The van der Waals surface area contributed by atoms with Gasteiger partial charge in [0.05, 0.1) is 11.6 Å². The monoisotopic (exact) mass is 552 g/mol. The number of primary amides is 1. The van der Waals surface area contributed by atoms with Crippen molar-refractivity contribution in [2.45, 2.75) is 37.5 Å². The molecule has 0 bridgehead atoms. The fourth-order valence-electron chi connectivity index (χ4n) is 7.73. The molecule has 0 radical (unpaired) electrons. The van der Waals surface area contributed by atoms with Crippen molar-refractivity contribution in [3.05, 3.63) is 39.7 Å². The molecule has 1 aliphatic heterocycles. The summed E-state index contributed by atoms with van der Waals surface area (Å²) in [6.45, 7) is 2.41. The van der Waals surface area contributed by atoms with Gasteiger partial charge >= 0.3 is 0 Å². The second-order valence-corrected chi connectivity index (χ2v) is 12.6. The van der Waals surface area contributed by atoms with Crippen molar-refractivity contribution in [2.24, 2.45) is 29.4 Å². The molecule has 1 amide bonds. The number of nitrogens with zero attached hydrogens (tertiary/aromatic N) is 3. The van der Waals surface area contributed by atoms with E-state index in [2.05, 4.69) is 4.90 Å². The number of ketones is 2. The molecule has 1 aromatic carbocycles. The van der Waals surface area contributed by atoms with E-state index in [0.717, 1.165) is 18.8 Å². The number of likely N-dealkylation sites (N-methyl/N-ethyl adjacent to an activating group) is 1. The lowest BCUT2D eigenvalue weighted by atomic mass is 9.57. The number of rotatable bonds is 5. The smallest absolute Gasteiger partial charge is 0.255 e. The van der Waals surface area contributed by atoms with Gasteiger partial charge in [-0.2, -0.15) is 0 Å². The van der Waals surface area contributed by atoms with Crippen molar-refractivity contribution in [3.8, 4) is 5.75 Å². The normalized spacial score (nSPS) is 33.1. The summed E-state index contributed by atoms with van der Waals surface area (Å²) < 4.78 is 0. The molecule has 214 valence electrons. The highest BCUT2D eigenvalue weighted by atomic mass is 16.3. The highest BCUT2D eigenvalue weighted by Gasteiger charge is 2.64. The van der Waals surface area contributed by atoms with Gasteiger partial charge in [-0.3, -0.25) is 24.2 Å². The zero-order valence-corrected chi connectivity index (χ0v) is 23.1. The van der Waals surface area contributed by atoms with E-state index in [1.807, 2.05) is 25.1 Å². The van der Waals surface area contributed by atoms with Crippen LogP contribution < -0.4 is 10.6 Å². The molecule has 1 heterocycles. The van der Waals surface area contributed by atoms with Crippen LogP contribution >= 0.6 is 0 Å². The van der Waals surface area contributed by atoms with Crippen LogP contribution in [0.15, 0.2) is 23.0 Å². The number of phenolic OH excluding ortho intramolecular Hbond substituents is 1. The summed E-state index contributed by atoms with van der Waals surface area (Å²) in [5.74, 6) is -4.94. The Bertz CT molecular complexity index is 1420. The first-order chi connectivity index (χ1) is 18.8.